The van der Waals surface area contributed by atoms with Crippen LogP contribution >= 0.6 is 0 Å². The summed E-state index contributed by atoms with van der Waals surface area (Å²) in [4.78, 5) is 4.07. The minimum Gasteiger partial charge on any atom is -0.355 e. The summed E-state index contributed by atoms with van der Waals surface area (Å²) in [6.07, 6.45) is 0.970. The average Bonchev–Trinajstić information content (AvgIpc) is 2.52. The van der Waals surface area contributed by atoms with Crippen LogP contribution in [-0.4, -0.2) is 39.8 Å². The van der Waals surface area contributed by atoms with Crippen LogP contribution in [0.3, 0.4) is 0 Å². The number of nitrogens with one attached hydrogen (secondary N) is 3. The van der Waals surface area contributed by atoms with Gasteiger partial charge in [0.05, 0.1) is 5.75 Å². The Bertz CT molecular complexity index is 558. The lowest BCUT2D eigenvalue weighted by Gasteiger charge is -2.16. The molecule has 7 heteroatoms. The van der Waals surface area contributed by atoms with Gasteiger partial charge in [-0.3, -0.25) is 4.99 Å². The number of benzene rings is 1. The minimum absolute atomic E-state index is 0.00103. The maximum Gasteiger partial charge on any atom is 0.213 e. The summed E-state index contributed by atoms with van der Waals surface area (Å²) in [5.74, 6) is 0.619. The maximum atomic E-state index is 11.9. The van der Waals surface area contributed by atoms with E-state index in [1.807, 2.05) is 37.3 Å². The quantitative estimate of drug-likeness (QED) is 0.493. The van der Waals surface area contributed by atoms with Crippen LogP contribution in [0.1, 0.15) is 25.8 Å². The van der Waals surface area contributed by atoms with E-state index in [0.717, 1.165) is 12.0 Å². The van der Waals surface area contributed by atoms with Gasteiger partial charge in [-0.2, -0.15) is 0 Å². The SMILES string of the molecule is CCC(C)NC(=NC)NCCS(=O)(=O)NCc1ccccc1. The predicted molar refractivity (Wildman–Crippen MR) is 91.3 cm³/mol. The Hall–Kier alpha value is -1.60. The number of aliphatic imine (C=N–C) groups is 1. The van der Waals surface area contributed by atoms with Gasteiger partial charge in [-0.15, -0.1) is 0 Å². The molecular formula is C15H26N4O2S. The van der Waals surface area contributed by atoms with Gasteiger partial charge in [-0.25, -0.2) is 13.1 Å². The third kappa shape index (κ3) is 7.42. The largest absolute Gasteiger partial charge is 0.355 e. The molecule has 0 radical (unpaired) electrons. The van der Waals surface area contributed by atoms with Crippen molar-refractivity contribution in [2.45, 2.75) is 32.9 Å². The molecule has 0 saturated heterocycles. The Balaban J connectivity index is 2.36. The Morgan fingerprint density at radius 2 is 1.95 bits per heavy atom. The summed E-state index contributed by atoms with van der Waals surface area (Å²) in [6, 6.07) is 9.74. The summed E-state index contributed by atoms with van der Waals surface area (Å²) >= 11 is 0. The second-order valence-electron chi connectivity index (χ2n) is 5.08. The van der Waals surface area contributed by atoms with Gasteiger partial charge in [0.25, 0.3) is 0 Å². The normalized spacial score (nSPS) is 13.7. The molecule has 22 heavy (non-hydrogen) atoms. The molecule has 0 heterocycles. The number of nitrogens with zero attached hydrogens (tertiary/aromatic N) is 1. The summed E-state index contributed by atoms with van der Waals surface area (Å²) in [5, 5.41) is 6.19. The molecule has 0 fully saturated rings. The molecule has 0 aliphatic carbocycles. The standard InChI is InChI=1S/C15H26N4O2S/c1-4-13(2)19-15(16-3)17-10-11-22(20,21)18-12-14-8-6-5-7-9-14/h5-9,13,18H,4,10-12H2,1-3H3,(H2,16,17,19). The summed E-state index contributed by atoms with van der Waals surface area (Å²) in [5.41, 5.74) is 0.938. The van der Waals surface area contributed by atoms with E-state index in [4.69, 9.17) is 0 Å². The topological polar surface area (TPSA) is 82.6 Å². The third-order valence-electron chi connectivity index (χ3n) is 3.22. The first-order valence-corrected chi connectivity index (χ1v) is 9.10. The zero-order valence-electron chi connectivity index (χ0n) is 13.5. The van der Waals surface area contributed by atoms with Crippen molar-refractivity contribution in [3.8, 4) is 0 Å². The van der Waals surface area contributed by atoms with Crippen LogP contribution in [-0.2, 0) is 16.6 Å². The highest BCUT2D eigenvalue weighted by molar-refractivity contribution is 7.89. The number of sulfonamides is 1. The van der Waals surface area contributed by atoms with Crippen LogP contribution in [0.4, 0.5) is 0 Å². The maximum absolute atomic E-state index is 11.9. The first-order chi connectivity index (χ1) is 10.5. The second kappa shape index (κ2) is 9.42. The molecule has 0 spiro atoms. The Morgan fingerprint density at radius 1 is 1.27 bits per heavy atom. The van der Waals surface area contributed by atoms with Crippen molar-refractivity contribution in [2.75, 3.05) is 19.3 Å². The molecule has 0 aliphatic rings. The van der Waals surface area contributed by atoms with E-state index in [0.29, 0.717) is 25.1 Å². The zero-order valence-corrected chi connectivity index (χ0v) is 14.3. The molecule has 1 atom stereocenters. The third-order valence-corrected chi connectivity index (χ3v) is 4.55. The van der Waals surface area contributed by atoms with Gasteiger partial charge in [0, 0.05) is 26.2 Å². The molecule has 0 bridgehead atoms. The average molecular weight is 326 g/mol. The molecule has 124 valence electrons. The molecule has 0 aliphatic heterocycles. The van der Waals surface area contributed by atoms with Crippen molar-refractivity contribution < 1.29 is 8.42 Å². The molecule has 0 amide bonds. The van der Waals surface area contributed by atoms with Crippen molar-refractivity contribution >= 4 is 16.0 Å². The molecule has 0 aromatic heterocycles. The Morgan fingerprint density at radius 3 is 2.55 bits per heavy atom. The molecule has 0 saturated carbocycles. The van der Waals surface area contributed by atoms with Crippen molar-refractivity contribution in [2.24, 2.45) is 4.99 Å². The van der Waals surface area contributed by atoms with Gasteiger partial charge >= 0.3 is 0 Å². The van der Waals surface area contributed by atoms with Crippen LogP contribution in [0.25, 0.3) is 0 Å². The summed E-state index contributed by atoms with van der Waals surface area (Å²) < 4.78 is 26.5. The van der Waals surface area contributed by atoms with Crippen molar-refractivity contribution in [1.82, 2.24) is 15.4 Å². The molecule has 1 aromatic carbocycles. The monoisotopic (exact) mass is 326 g/mol. The number of guanidine groups is 1. The van der Waals surface area contributed by atoms with Crippen LogP contribution in [0.5, 0.6) is 0 Å². The first kappa shape index (κ1) is 18.4. The van der Waals surface area contributed by atoms with Gasteiger partial charge in [-0.05, 0) is 18.9 Å². The lowest BCUT2D eigenvalue weighted by Crippen LogP contribution is -2.44. The van der Waals surface area contributed by atoms with E-state index in [1.165, 1.54) is 0 Å². The minimum atomic E-state index is -3.31. The van der Waals surface area contributed by atoms with Crippen molar-refractivity contribution in [1.29, 1.82) is 0 Å². The highest BCUT2D eigenvalue weighted by Crippen LogP contribution is 1.98. The molecule has 1 unspecified atom stereocenters. The number of hydrogen-bond donors (Lipinski definition) is 3. The van der Waals surface area contributed by atoms with Crippen molar-refractivity contribution in [3.63, 3.8) is 0 Å². The van der Waals surface area contributed by atoms with Crippen LogP contribution in [0.15, 0.2) is 35.3 Å². The van der Waals surface area contributed by atoms with Gasteiger partial charge in [-0.1, -0.05) is 37.3 Å². The number of rotatable bonds is 8. The fourth-order valence-corrected chi connectivity index (χ4v) is 2.60. The second-order valence-corrected chi connectivity index (χ2v) is 7.00. The molecule has 3 N–H and O–H groups in total. The first-order valence-electron chi connectivity index (χ1n) is 7.45. The molecule has 1 rings (SSSR count). The van der Waals surface area contributed by atoms with Gasteiger partial charge in [0.15, 0.2) is 5.96 Å². The lowest BCUT2D eigenvalue weighted by atomic mass is 10.2. The zero-order chi connectivity index (χ0) is 16.4. The summed E-state index contributed by atoms with van der Waals surface area (Å²) in [7, 11) is -1.65. The van der Waals surface area contributed by atoms with E-state index < -0.39 is 10.0 Å². The lowest BCUT2D eigenvalue weighted by molar-refractivity contribution is 0.579. The smallest absolute Gasteiger partial charge is 0.213 e. The molecular weight excluding hydrogens is 300 g/mol. The van der Waals surface area contributed by atoms with Gasteiger partial charge in [0.2, 0.25) is 10.0 Å². The van der Waals surface area contributed by atoms with E-state index in [9.17, 15) is 8.42 Å². The Kier molecular flexibility index (Phi) is 7.90. The van der Waals surface area contributed by atoms with E-state index in [-0.39, 0.29) is 5.75 Å². The highest BCUT2D eigenvalue weighted by Gasteiger charge is 2.10. The number of hydrogen-bond acceptors (Lipinski definition) is 3. The van der Waals surface area contributed by atoms with Gasteiger partial charge < -0.3 is 10.6 Å². The van der Waals surface area contributed by atoms with Crippen molar-refractivity contribution in [3.05, 3.63) is 35.9 Å². The van der Waals surface area contributed by atoms with Gasteiger partial charge in [0.1, 0.15) is 0 Å². The predicted octanol–water partition coefficient (Wildman–Crippen LogP) is 1.07. The van der Waals surface area contributed by atoms with Crippen LogP contribution < -0.4 is 15.4 Å². The summed E-state index contributed by atoms with van der Waals surface area (Å²) in [6.45, 7) is 4.73. The Labute approximate surface area is 133 Å². The molecule has 6 nitrogen and oxygen atoms in total. The fourth-order valence-electron chi connectivity index (χ4n) is 1.70. The highest BCUT2D eigenvalue weighted by atomic mass is 32.2. The van der Waals surface area contributed by atoms with Crippen LogP contribution in [0.2, 0.25) is 0 Å². The van der Waals surface area contributed by atoms with E-state index in [2.05, 4.69) is 27.3 Å². The molecule has 1 aromatic rings. The van der Waals surface area contributed by atoms with E-state index >= 15 is 0 Å². The van der Waals surface area contributed by atoms with Crippen LogP contribution in [0, 0.1) is 0 Å². The van der Waals surface area contributed by atoms with E-state index in [1.54, 1.807) is 7.05 Å². The fraction of sp³-hybridized carbons (Fsp3) is 0.533.